The number of ether oxygens (including phenoxy) is 2. The van der Waals surface area contributed by atoms with E-state index >= 15 is 0 Å². The molecule has 152 valence electrons. The molecule has 0 fully saturated rings. The summed E-state index contributed by atoms with van der Waals surface area (Å²) in [6.07, 6.45) is 3.20. The van der Waals surface area contributed by atoms with Gasteiger partial charge in [-0.15, -0.1) is 0 Å². The minimum Gasteiger partial charge on any atom is -0.472 e. The molecule has 2 aromatic heterocycles. The molecule has 0 amide bonds. The summed E-state index contributed by atoms with van der Waals surface area (Å²) in [6.45, 7) is 6.79. The summed E-state index contributed by atoms with van der Waals surface area (Å²) in [7, 11) is 0. The van der Waals surface area contributed by atoms with Crippen LogP contribution in [-0.2, 0) is 4.74 Å². The Labute approximate surface area is 171 Å². The second-order valence-electron chi connectivity index (χ2n) is 7.11. The van der Waals surface area contributed by atoms with E-state index in [0.29, 0.717) is 18.0 Å². The minimum absolute atomic E-state index is 0.197. The molecular formula is C23H27N3O3. The van der Waals surface area contributed by atoms with Gasteiger partial charge in [-0.3, -0.25) is 0 Å². The smallest absolute Gasteiger partial charge is 0.338 e. The van der Waals surface area contributed by atoms with Gasteiger partial charge in [-0.25, -0.2) is 9.78 Å². The zero-order chi connectivity index (χ0) is 20.6. The first kappa shape index (κ1) is 20.6. The minimum atomic E-state index is -0.453. The second kappa shape index (κ2) is 9.89. The van der Waals surface area contributed by atoms with Crippen LogP contribution in [-0.4, -0.2) is 40.8 Å². The number of carbonyl (C=O) groups excluding carboxylic acids is 1. The summed E-state index contributed by atoms with van der Waals surface area (Å²) in [5, 5.41) is 3.31. The topological polar surface area (TPSA) is 65.4 Å². The average Bonchev–Trinajstić information content (AvgIpc) is 3.16. The summed E-state index contributed by atoms with van der Waals surface area (Å²) in [5.74, 6) is 0.129. The number of nitrogens with one attached hydrogen (secondary N) is 1. The molecule has 0 bridgehead atoms. The van der Waals surface area contributed by atoms with Gasteiger partial charge in [0.05, 0.1) is 5.56 Å². The van der Waals surface area contributed by atoms with Crippen molar-refractivity contribution in [3.63, 3.8) is 0 Å². The van der Waals surface area contributed by atoms with Crippen LogP contribution in [0.3, 0.4) is 0 Å². The molecule has 0 aliphatic carbocycles. The van der Waals surface area contributed by atoms with Crippen LogP contribution in [0, 0.1) is 6.92 Å². The first-order chi connectivity index (χ1) is 14.0. The van der Waals surface area contributed by atoms with Crippen molar-refractivity contribution < 1.29 is 14.3 Å². The molecule has 1 aromatic carbocycles. The standard InChI is InChI=1S/C23H27N3O3/c1-17(2)25-15-20(29-23(27)19-10-5-4-6-11-19)16-28-22-21(12-7-13-24-22)26-14-8-9-18(26)3/h4-14,17,20,25H,15-16H2,1-3H3. The molecule has 0 aliphatic heterocycles. The first-order valence-electron chi connectivity index (χ1n) is 9.76. The molecule has 3 aromatic rings. The molecular weight excluding hydrogens is 366 g/mol. The highest BCUT2D eigenvalue weighted by molar-refractivity contribution is 5.89. The molecule has 0 spiro atoms. The zero-order valence-corrected chi connectivity index (χ0v) is 17.0. The van der Waals surface area contributed by atoms with Crippen LogP contribution in [0.1, 0.15) is 29.9 Å². The summed E-state index contributed by atoms with van der Waals surface area (Å²) in [5.41, 5.74) is 2.44. The molecule has 2 heterocycles. The molecule has 1 atom stereocenters. The lowest BCUT2D eigenvalue weighted by Crippen LogP contribution is -2.38. The fourth-order valence-electron chi connectivity index (χ4n) is 2.88. The lowest BCUT2D eigenvalue weighted by molar-refractivity contribution is 0.0167. The van der Waals surface area contributed by atoms with Gasteiger partial charge in [0.2, 0.25) is 5.88 Å². The van der Waals surface area contributed by atoms with E-state index < -0.39 is 6.10 Å². The number of aromatic nitrogens is 2. The van der Waals surface area contributed by atoms with Gasteiger partial charge in [0.15, 0.2) is 0 Å². The molecule has 0 radical (unpaired) electrons. The van der Waals surface area contributed by atoms with Crippen LogP contribution in [0.5, 0.6) is 5.88 Å². The molecule has 0 saturated heterocycles. The van der Waals surface area contributed by atoms with Crippen molar-refractivity contribution in [2.24, 2.45) is 0 Å². The van der Waals surface area contributed by atoms with Crippen molar-refractivity contribution in [3.05, 3.63) is 78.2 Å². The Bertz CT molecular complexity index is 922. The molecule has 6 heteroatoms. The average molecular weight is 393 g/mol. The fraction of sp³-hybridized carbons (Fsp3) is 0.304. The van der Waals surface area contributed by atoms with Gasteiger partial charge < -0.3 is 19.4 Å². The maximum atomic E-state index is 12.5. The van der Waals surface area contributed by atoms with Crippen LogP contribution < -0.4 is 10.1 Å². The van der Waals surface area contributed by atoms with Crippen LogP contribution in [0.25, 0.3) is 5.69 Å². The lowest BCUT2D eigenvalue weighted by atomic mass is 10.2. The number of hydrogen-bond acceptors (Lipinski definition) is 5. The second-order valence-corrected chi connectivity index (χ2v) is 7.11. The Balaban J connectivity index is 1.72. The number of benzene rings is 1. The zero-order valence-electron chi connectivity index (χ0n) is 17.0. The highest BCUT2D eigenvalue weighted by atomic mass is 16.6. The molecule has 1 unspecified atom stereocenters. The van der Waals surface area contributed by atoms with Crippen molar-refractivity contribution in [1.82, 2.24) is 14.9 Å². The summed E-state index contributed by atoms with van der Waals surface area (Å²) < 4.78 is 13.7. The van der Waals surface area contributed by atoms with Crippen molar-refractivity contribution in [3.8, 4) is 11.6 Å². The van der Waals surface area contributed by atoms with Gasteiger partial charge in [-0.1, -0.05) is 32.0 Å². The van der Waals surface area contributed by atoms with Gasteiger partial charge in [-0.2, -0.15) is 0 Å². The molecule has 6 nitrogen and oxygen atoms in total. The molecule has 0 aliphatic rings. The summed E-state index contributed by atoms with van der Waals surface area (Å²) in [4.78, 5) is 16.9. The Morgan fingerprint density at radius 2 is 1.90 bits per heavy atom. The predicted molar refractivity (Wildman–Crippen MR) is 113 cm³/mol. The molecule has 3 rings (SSSR count). The van der Waals surface area contributed by atoms with Crippen LogP contribution in [0.15, 0.2) is 67.0 Å². The maximum absolute atomic E-state index is 12.5. The highest BCUT2D eigenvalue weighted by Crippen LogP contribution is 2.22. The largest absolute Gasteiger partial charge is 0.472 e. The number of esters is 1. The van der Waals surface area contributed by atoms with Gasteiger partial charge in [0.1, 0.15) is 18.4 Å². The van der Waals surface area contributed by atoms with Crippen LogP contribution in [0.4, 0.5) is 0 Å². The molecule has 1 N–H and O–H groups in total. The monoisotopic (exact) mass is 393 g/mol. The van der Waals surface area contributed by atoms with Crippen LogP contribution >= 0.6 is 0 Å². The Kier molecular flexibility index (Phi) is 7.03. The Hall–Kier alpha value is -3.12. The number of nitrogens with zero attached hydrogens (tertiary/aromatic N) is 2. The normalized spacial score (nSPS) is 12.0. The van der Waals surface area contributed by atoms with Gasteiger partial charge in [0.25, 0.3) is 0 Å². The van der Waals surface area contributed by atoms with Crippen molar-refractivity contribution in [1.29, 1.82) is 0 Å². The van der Waals surface area contributed by atoms with E-state index in [1.54, 1.807) is 18.3 Å². The first-order valence-corrected chi connectivity index (χ1v) is 9.76. The fourth-order valence-corrected chi connectivity index (χ4v) is 2.88. The third-order valence-electron chi connectivity index (χ3n) is 4.41. The quantitative estimate of drug-likeness (QED) is 0.561. The van der Waals surface area contributed by atoms with E-state index in [-0.39, 0.29) is 18.6 Å². The van der Waals surface area contributed by atoms with Crippen molar-refractivity contribution in [2.45, 2.75) is 32.9 Å². The summed E-state index contributed by atoms with van der Waals surface area (Å²) in [6, 6.07) is 17.1. The number of carbonyl (C=O) groups is 1. The van der Waals surface area contributed by atoms with E-state index in [4.69, 9.17) is 9.47 Å². The summed E-state index contributed by atoms with van der Waals surface area (Å²) >= 11 is 0. The Morgan fingerprint density at radius 3 is 2.59 bits per heavy atom. The third kappa shape index (κ3) is 5.68. The predicted octanol–water partition coefficient (Wildman–Crippen LogP) is 3.78. The molecule has 29 heavy (non-hydrogen) atoms. The van der Waals surface area contributed by atoms with Crippen molar-refractivity contribution >= 4 is 5.97 Å². The number of hydrogen-bond donors (Lipinski definition) is 1. The van der Waals surface area contributed by atoms with E-state index in [1.807, 2.05) is 74.0 Å². The van der Waals surface area contributed by atoms with Gasteiger partial charge in [0, 0.05) is 30.7 Å². The number of rotatable bonds is 9. The maximum Gasteiger partial charge on any atom is 0.338 e. The van der Waals surface area contributed by atoms with E-state index in [9.17, 15) is 4.79 Å². The Morgan fingerprint density at radius 1 is 1.10 bits per heavy atom. The highest BCUT2D eigenvalue weighted by Gasteiger charge is 2.19. The molecule has 0 saturated carbocycles. The van der Waals surface area contributed by atoms with Crippen LogP contribution in [0.2, 0.25) is 0 Å². The number of pyridine rings is 1. The van der Waals surface area contributed by atoms with E-state index in [2.05, 4.69) is 10.3 Å². The number of aryl methyl sites for hydroxylation is 1. The third-order valence-corrected chi connectivity index (χ3v) is 4.41. The SMILES string of the molecule is Cc1cccn1-c1cccnc1OCC(CNC(C)C)OC(=O)c1ccccc1. The van der Waals surface area contributed by atoms with Gasteiger partial charge >= 0.3 is 5.97 Å². The van der Waals surface area contributed by atoms with Gasteiger partial charge in [-0.05, 0) is 43.3 Å². The lowest BCUT2D eigenvalue weighted by Gasteiger charge is -2.21. The van der Waals surface area contributed by atoms with E-state index in [1.165, 1.54) is 0 Å². The van der Waals surface area contributed by atoms with E-state index in [0.717, 1.165) is 11.4 Å². The van der Waals surface area contributed by atoms with Crippen molar-refractivity contribution in [2.75, 3.05) is 13.2 Å².